The summed E-state index contributed by atoms with van der Waals surface area (Å²) in [5, 5.41) is 0. The lowest BCUT2D eigenvalue weighted by Gasteiger charge is -2.35. The van der Waals surface area contributed by atoms with Gasteiger partial charge >= 0.3 is 0 Å². The molecule has 1 aromatic rings. The Kier molecular flexibility index (Phi) is 2.96. The van der Waals surface area contributed by atoms with E-state index in [2.05, 4.69) is 9.97 Å². The van der Waals surface area contributed by atoms with Gasteiger partial charge in [-0.2, -0.15) is 0 Å². The van der Waals surface area contributed by atoms with Crippen LogP contribution in [0.2, 0.25) is 0 Å². The van der Waals surface area contributed by atoms with Gasteiger partial charge in [0.1, 0.15) is 11.6 Å². The third-order valence-corrected chi connectivity index (χ3v) is 3.47. The van der Waals surface area contributed by atoms with Crippen LogP contribution < -0.4 is 17.0 Å². The SMILES string of the molecule is NCC1(c2nc(N)cc(=O)[nH]2)CCCCC1. The first-order valence-corrected chi connectivity index (χ1v) is 5.74. The van der Waals surface area contributed by atoms with Gasteiger partial charge < -0.3 is 16.5 Å². The minimum Gasteiger partial charge on any atom is -0.383 e. The molecule has 1 fully saturated rings. The molecule has 0 spiro atoms. The van der Waals surface area contributed by atoms with Gasteiger partial charge in [0, 0.05) is 18.0 Å². The van der Waals surface area contributed by atoms with Crippen molar-refractivity contribution in [3.63, 3.8) is 0 Å². The van der Waals surface area contributed by atoms with Crippen LogP contribution in [0.15, 0.2) is 10.9 Å². The summed E-state index contributed by atoms with van der Waals surface area (Å²) in [5.41, 5.74) is 11.1. The average Bonchev–Trinajstić information content (AvgIpc) is 2.28. The second kappa shape index (κ2) is 4.25. The van der Waals surface area contributed by atoms with E-state index in [9.17, 15) is 4.79 Å². The molecule has 0 saturated heterocycles. The summed E-state index contributed by atoms with van der Waals surface area (Å²) in [5.74, 6) is 0.942. The third-order valence-electron chi connectivity index (χ3n) is 3.47. The van der Waals surface area contributed by atoms with E-state index in [-0.39, 0.29) is 16.8 Å². The van der Waals surface area contributed by atoms with Crippen molar-refractivity contribution in [1.82, 2.24) is 9.97 Å². The van der Waals surface area contributed by atoms with Crippen LogP contribution in [0.1, 0.15) is 37.9 Å². The minimum absolute atomic E-state index is 0.174. The molecule has 0 aromatic carbocycles. The highest BCUT2D eigenvalue weighted by molar-refractivity contribution is 5.27. The third kappa shape index (κ3) is 1.95. The Morgan fingerprint density at radius 2 is 2.06 bits per heavy atom. The maximum atomic E-state index is 11.4. The van der Waals surface area contributed by atoms with Gasteiger partial charge in [-0.25, -0.2) is 4.98 Å². The van der Waals surface area contributed by atoms with Crippen LogP contribution >= 0.6 is 0 Å². The molecule has 1 aromatic heterocycles. The average molecular weight is 222 g/mol. The topological polar surface area (TPSA) is 97.8 Å². The lowest BCUT2D eigenvalue weighted by Crippen LogP contribution is -2.40. The number of nitrogens with two attached hydrogens (primary N) is 2. The number of nitrogens with zero attached hydrogens (tertiary/aromatic N) is 1. The standard InChI is InChI=1S/C11H18N4O/c12-7-11(4-2-1-3-5-11)10-14-8(13)6-9(16)15-10/h6H,1-5,7,12H2,(H3,13,14,15,16). The molecule has 16 heavy (non-hydrogen) atoms. The zero-order chi connectivity index (χ0) is 11.6. The van der Waals surface area contributed by atoms with Gasteiger partial charge in [-0.05, 0) is 12.8 Å². The molecule has 1 aliphatic carbocycles. The first kappa shape index (κ1) is 11.1. The molecule has 0 amide bonds. The summed E-state index contributed by atoms with van der Waals surface area (Å²) in [4.78, 5) is 18.4. The Morgan fingerprint density at radius 1 is 1.38 bits per heavy atom. The summed E-state index contributed by atoms with van der Waals surface area (Å²) >= 11 is 0. The second-order valence-electron chi connectivity index (χ2n) is 4.56. The molecule has 0 radical (unpaired) electrons. The second-order valence-corrected chi connectivity index (χ2v) is 4.56. The highest BCUT2D eigenvalue weighted by Gasteiger charge is 2.35. The zero-order valence-electron chi connectivity index (χ0n) is 9.33. The van der Waals surface area contributed by atoms with Gasteiger partial charge in [0.25, 0.3) is 5.56 Å². The predicted molar refractivity (Wildman–Crippen MR) is 63.1 cm³/mol. The molecular weight excluding hydrogens is 204 g/mol. The van der Waals surface area contributed by atoms with Crippen molar-refractivity contribution in [3.05, 3.63) is 22.2 Å². The van der Waals surface area contributed by atoms with Crippen LogP contribution in [-0.4, -0.2) is 16.5 Å². The molecular formula is C11H18N4O. The summed E-state index contributed by atoms with van der Waals surface area (Å²) in [7, 11) is 0. The lowest BCUT2D eigenvalue weighted by molar-refractivity contribution is 0.285. The van der Waals surface area contributed by atoms with Gasteiger partial charge in [-0.15, -0.1) is 0 Å². The summed E-state index contributed by atoms with van der Waals surface area (Å²) < 4.78 is 0. The van der Waals surface area contributed by atoms with Gasteiger partial charge in [0.15, 0.2) is 0 Å². The molecule has 1 saturated carbocycles. The Bertz CT molecular complexity index is 420. The van der Waals surface area contributed by atoms with Crippen LogP contribution in [0.5, 0.6) is 0 Å². The maximum Gasteiger partial charge on any atom is 0.252 e. The molecule has 1 aliphatic rings. The van der Waals surface area contributed by atoms with Crippen LogP contribution in [0.25, 0.3) is 0 Å². The van der Waals surface area contributed by atoms with Gasteiger partial charge in [0.2, 0.25) is 0 Å². The van der Waals surface area contributed by atoms with Crippen LogP contribution in [0, 0.1) is 0 Å². The highest BCUT2D eigenvalue weighted by atomic mass is 16.1. The molecule has 0 atom stereocenters. The number of anilines is 1. The van der Waals surface area contributed by atoms with E-state index < -0.39 is 0 Å². The number of aromatic nitrogens is 2. The van der Waals surface area contributed by atoms with Crippen molar-refractivity contribution in [1.29, 1.82) is 0 Å². The number of rotatable bonds is 2. The van der Waals surface area contributed by atoms with E-state index >= 15 is 0 Å². The predicted octanol–water partition coefficient (Wildman–Crippen LogP) is 0.513. The fourth-order valence-electron chi connectivity index (χ4n) is 2.49. The number of hydrogen-bond donors (Lipinski definition) is 3. The molecule has 88 valence electrons. The van der Waals surface area contributed by atoms with Crippen LogP contribution in [-0.2, 0) is 5.41 Å². The molecule has 5 nitrogen and oxygen atoms in total. The maximum absolute atomic E-state index is 11.4. The van der Waals surface area contributed by atoms with Crippen molar-refractivity contribution in [2.45, 2.75) is 37.5 Å². The van der Waals surface area contributed by atoms with Crippen molar-refractivity contribution in [2.75, 3.05) is 12.3 Å². The van der Waals surface area contributed by atoms with Gasteiger partial charge in [0.05, 0.1) is 0 Å². The van der Waals surface area contributed by atoms with Crippen molar-refractivity contribution in [2.24, 2.45) is 5.73 Å². The Hall–Kier alpha value is -1.36. The zero-order valence-corrected chi connectivity index (χ0v) is 9.33. The van der Waals surface area contributed by atoms with Crippen LogP contribution in [0.3, 0.4) is 0 Å². The van der Waals surface area contributed by atoms with E-state index in [1.807, 2.05) is 0 Å². The summed E-state index contributed by atoms with van der Waals surface area (Å²) in [6, 6.07) is 1.30. The largest absolute Gasteiger partial charge is 0.383 e. The normalized spacial score (nSPS) is 19.6. The monoisotopic (exact) mass is 222 g/mol. The summed E-state index contributed by atoms with van der Waals surface area (Å²) in [6.07, 6.45) is 5.46. The molecule has 0 unspecified atom stereocenters. The smallest absolute Gasteiger partial charge is 0.252 e. The molecule has 5 heteroatoms. The van der Waals surface area contributed by atoms with Crippen molar-refractivity contribution in [3.8, 4) is 0 Å². The molecule has 0 bridgehead atoms. The minimum atomic E-state index is -0.194. The van der Waals surface area contributed by atoms with Gasteiger partial charge in [-0.3, -0.25) is 4.79 Å². The number of H-pyrrole nitrogens is 1. The summed E-state index contributed by atoms with van der Waals surface area (Å²) in [6.45, 7) is 0.513. The number of hydrogen-bond acceptors (Lipinski definition) is 4. The van der Waals surface area contributed by atoms with E-state index in [0.29, 0.717) is 12.4 Å². The van der Waals surface area contributed by atoms with E-state index in [1.54, 1.807) is 0 Å². The quantitative estimate of drug-likeness (QED) is 0.679. The number of aromatic amines is 1. The van der Waals surface area contributed by atoms with Crippen LogP contribution in [0.4, 0.5) is 5.82 Å². The molecule has 2 rings (SSSR count). The molecule has 5 N–H and O–H groups in total. The number of nitrogens with one attached hydrogen (secondary N) is 1. The molecule has 1 heterocycles. The highest BCUT2D eigenvalue weighted by Crippen LogP contribution is 2.36. The molecule has 0 aliphatic heterocycles. The van der Waals surface area contributed by atoms with Crippen molar-refractivity contribution >= 4 is 5.82 Å². The van der Waals surface area contributed by atoms with E-state index in [4.69, 9.17) is 11.5 Å². The Balaban J connectivity index is 2.42. The van der Waals surface area contributed by atoms with E-state index in [0.717, 1.165) is 25.7 Å². The fourth-order valence-corrected chi connectivity index (χ4v) is 2.49. The number of nitrogen functional groups attached to an aromatic ring is 1. The lowest BCUT2D eigenvalue weighted by atomic mass is 9.73. The van der Waals surface area contributed by atoms with Gasteiger partial charge in [-0.1, -0.05) is 19.3 Å². The first-order valence-electron chi connectivity index (χ1n) is 5.74. The Labute approximate surface area is 94.3 Å². The van der Waals surface area contributed by atoms with Crippen molar-refractivity contribution < 1.29 is 0 Å². The van der Waals surface area contributed by atoms with E-state index in [1.165, 1.54) is 12.5 Å². The fraction of sp³-hybridized carbons (Fsp3) is 0.636. The first-order chi connectivity index (χ1) is 7.66. The Morgan fingerprint density at radius 3 is 2.62 bits per heavy atom.